The Morgan fingerprint density at radius 3 is 2.58 bits per heavy atom. The maximum Gasteiger partial charge on any atom is 0.241 e. The van der Waals surface area contributed by atoms with E-state index in [2.05, 4.69) is 5.32 Å². The Hall–Kier alpha value is -1.56. The smallest absolute Gasteiger partial charge is 0.241 e. The highest BCUT2D eigenvalue weighted by atomic mass is 32.2. The summed E-state index contributed by atoms with van der Waals surface area (Å²) < 4.78 is 25.7. The lowest BCUT2D eigenvalue weighted by Gasteiger charge is -2.27. The van der Waals surface area contributed by atoms with E-state index >= 15 is 0 Å². The molecule has 0 unspecified atom stereocenters. The minimum Gasteiger partial charge on any atom is -0.352 e. The summed E-state index contributed by atoms with van der Waals surface area (Å²) in [5, 5.41) is 3.08. The van der Waals surface area contributed by atoms with Gasteiger partial charge in [0.1, 0.15) is 6.54 Å². The van der Waals surface area contributed by atoms with Crippen molar-refractivity contribution in [2.24, 2.45) is 11.8 Å². The number of rotatable bonds is 6. The van der Waals surface area contributed by atoms with Gasteiger partial charge >= 0.3 is 0 Å². The van der Waals surface area contributed by atoms with E-state index in [4.69, 9.17) is 0 Å². The van der Waals surface area contributed by atoms with Gasteiger partial charge in [0.05, 0.1) is 11.9 Å². The highest BCUT2D eigenvalue weighted by Gasteiger charge is 2.40. The van der Waals surface area contributed by atoms with Gasteiger partial charge in [0.15, 0.2) is 0 Å². The maximum atomic E-state index is 12.5. The van der Waals surface area contributed by atoms with Crippen LogP contribution in [0.1, 0.15) is 38.2 Å². The van der Waals surface area contributed by atoms with Gasteiger partial charge in [-0.25, -0.2) is 8.42 Å². The zero-order valence-corrected chi connectivity index (χ0v) is 15.2. The summed E-state index contributed by atoms with van der Waals surface area (Å²) in [6.07, 6.45) is 6.58. The number of hydrogen-bond acceptors (Lipinski definition) is 3. The molecule has 132 valence electrons. The second-order valence-corrected chi connectivity index (χ2v) is 9.01. The number of benzene rings is 1. The molecular weight excluding hydrogens is 324 g/mol. The van der Waals surface area contributed by atoms with Crippen molar-refractivity contribution in [2.45, 2.75) is 45.1 Å². The van der Waals surface area contributed by atoms with Crippen LogP contribution in [0.5, 0.6) is 0 Å². The molecule has 6 heteroatoms. The number of carbonyl (C=O) groups is 1. The van der Waals surface area contributed by atoms with E-state index in [1.807, 2.05) is 19.1 Å². The minimum absolute atomic E-state index is 0.149. The van der Waals surface area contributed by atoms with E-state index in [-0.39, 0.29) is 18.5 Å². The van der Waals surface area contributed by atoms with Gasteiger partial charge in [0.2, 0.25) is 15.9 Å². The van der Waals surface area contributed by atoms with Crippen LogP contribution in [-0.2, 0) is 21.2 Å². The van der Waals surface area contributed by atoms with Crippen LogP contribution >= 0.6 is 0 Å². The Balaban J connectivity index is 1.74. The quantitative estimate of drug-likeness (QED) is 0.856. The average Bonchev–Trinajstić information content (AvgIpc) is 3.14. The predicted octanol–water partition coefficient (Wildman–Crippen LogP) is 2.32. The van der Waals surface area contributed by atoms with E-state index in [0.29, 0.717) is 11.6 Å². The number of para-hydroxylation sites is 1. The average molecular weight is 350 g/mol. The summed E-state index contributed by atoms with van der Waals surface area (Å²) >= 11 is 0. The molecule has 24 heavy (non-hydrogen) atoms. The van der Waals surface area contributed by atoms with Crippen LogP contribution in [-0.4, -0.2) is 33.2 Å². The van der Waals surface area contributed by atoms with Crippen LogP contribution < -0.4 is 9.62 Å². The van der Waals surface area contributed by atoms with Crippen LogP contribution in [0.3, 0.4) is 0 Å². The normalized spacial score (nSPS) is 25.7. The van der Waals surface area contributed by atoms with Crippen molar-refractivity contribution < 1.29 is 13.2 Å². The zero-order chi connectivity index (χ0) is 17.3. The first-order chi connectivity index (χ1) is 11.4. The third-order valence-electron chi connectivity index (χ3n) is 5.41. The first-order valence-electron chi connectivity index (χ1n) is 8.73. The number of fused-ring (bicyclic) bond motifs is 2. The molecule has 3 atom stereocenters. The van der Waals surface area contributed by atoms with Crippen molar-refractivity contribution in [1.29, 1.82) is 0 Å². The molecule has 3 rings (SSSR count). The lowest BCUT2D eigenvalue weighted by atomic mass is 9.95. The first-order valence-corrected chi connectivity index (χ1v) is 10.6. The molecule has 1 amide bonds. The molecule has 0 spiro atoms. The van der Waals surface area contributed by atoms with Gasteiger partial charge in [0, 0.05) is 6.04 Å². The summed E-state index contributed by atoms with van der Waals surface area (Å²) in [4.78, 5) is 12.5. The van der Waals surface area contributed by atoms with Gasteiger partial charge < -0.3 is 5.32 Å². The van der Waals surface area contributed by atoms with Crippen molar-refractivity contribution >= 4 is 21.6 Å². The Morgan fingerprint density at radius 1 is 1.25 bits per heavy atom. The van der Waals surface area contributed by atoms with Gasteiger partial charge in [0.25, 0.3) is 0 Å². The molecule has 1 aromatic rings. The SMILES string of the molecule is CCc1ccccc1N(CC(=O)N[C@@H]1C[C@H]2CC[C@H]1C2)S(C)(=O)=O. The summed E-state index contributed by atoms with van der Waals surface area (Å²) in [6.45, 7) is 1.83. The molecule has 0 heterocycles. The zero-order valence-electron chi connectivity index (χ0n) is 14.4. The van der Waals surface area contributed by atoms with Crippen LogP contribution in [0.15, 0.2) is 24.3 Å². The number of hydrogen-bond donors (Lipinski definition) is 1. The highest BCUT2D eigenvalue weighted by Crippen LogP contribution is 2.44. The molecule has 2 aliphatic carbocycles. The number of nitrogens with zero attached hydrogens (tertiary/aromatic N) is 1. The summed E-state index contributed by atoms with van der Waals surface area (Å²) in [6, 6.07) is 7.59. The predicted molar refractivity (Wildman–Crippen MR) is 95.4 cm³/mol. The van der Waals surface area contributed by atoms with E-state index in [0.717, 1.165) is 30.6 Å². The molecule has 0 radical (unpaired) electrons. The molecular formula is C18H26N2O3S. The number of carbonyl (C=O) groups excluding carboxylic acids is 1. The van der Waals surface area contributed by atoms with Crippen LogP contribution in [0.4, 0.5) is 5.69 Å². The lowest BCUT2D eigenvalue weighted by Crippen LogP contribution is -2.45. The largest absolute Gasteiger partial charge is 0.352 e. The first kappa shape index (κ1) is 17.3. The summed E-state index contributed by atoms with van der Waals surface area (Å²) in [5.74, 6) is 1.12. The van der Waals surface area contributed by atoms with Crippen LogP contribution in [0.2, 0.25) is 0 Å². The fraction of sp³-hybridized carbons (Fsp3) is 0.611. The third kappa shape index (κ3) is 3.58. The third-order valence-corrected chi connectivity index (χ3v) is 6.54. The number of anilines is 1. The van der Waals surface area contributed by atoms with Crippen molar-refractivity contribution in [3.05, 3.63) is 29.8 Å². The number of amides is 1. The Morgan fingerprint density at radius 2 is 2.00 bits per heavy atom. The highest BCUT2D eigenvalue weighted by molar-refractivity contribution is 7.92. The number of aryl methyl sites for hydroxylation is 1. The van der Waals surface area contributed by atoms with Crippen molar-refractivity contribution in [1.82, 2.24) is 5.32 Å². The fourth-order valence-electron chi connectivity index (χ4n) is 4.24. The second-order valence-electron chi connectivity index (χ2n) is 7.10. The molecule has 1 aromatic carbocycles. The number of nitrogens with one attached hydrogen (secondary N) is 1. The van der Waals surface area contributed by atoms with Crippen molar-refractivity contribution in [2.75, 3.05) is 17.1 Å². The molecule has 1 N–H and O–H groups in total. The van der Waals surface area contributed by atoms with Crippen LogP contribution in [0, 0.1) is 11.8 Å². The fourth-order valence-corrected chi connectivity index (χ4v) is 5.13. The Labute approximate surface area is 144 Å². The molecule has 0 saturated heterocycles. The van der Waals surface area contributed by atoms with Crippen LogP contribution in [0.25, 0.3) is 0 Å². The van der Waals surface area contributed by atoms with Gasteiger partial charge in [-0.3, -0.25) is 9.10 Å². The Bertz CT molecular complexity index is 717. The molecule has 2 aliphatic rings. The van der Waals surface area contributed by atoms with E-state index in [1.54, 1.807) is 12.1 Å². The molecule has 0 aliphatic heterocycles. The standard InChI is InChI=1S/C18H26N2O3S/c1-3-14-6-4-5-7-17(14)20(24(2,22)23)12-18(21)19-16-11-13-8-9-15(16)10-13/h4-7,13,15-16H,3,8-12H2,1-2H3,(H,19,21)/t13-,15-,16+/m0/s1. The molecule has 2 bridgehead atoms. The molecule has 5 nitrogen and oxygen atoms in total. The minimum atomic E-state index is -3.52. The van der Waals surface area contributed by atoms with Gasteiger partial charge in [-0.05, 0) is 49.1 Å². The maximum absolute atomic E-state index is 12.5. The topological polar surface area (TPSA) is 66.5 Å². The lowest BCUT2D eigenvalue weighted by molar-refractivity contribution is -0.120. The van der Waals surface area contributed by atoms with Gasteiger partial charge in [-0.15, -0.1) is 0 Å². The molecule has 2 fully saturated rings. The van der Waals surface area contributed by atoms with Crippen molar-refractivity contribution in [3.63, 3.8) is 0 Å². The monoisotopic (exact) mass is 350 g/mol. The summed E-state index contributed by atoms with van der Waals surface area (Å²) in [5.41, 5.74) is 1.53. The summed E-state index contributed by atoms with van der Waals surface area (Å²) in [7, 11) is -3.52. The van der Waals surface area contributed by atoms with E-state index in [1.165, 1.54) is 23.6 Å². The van der Waals surface area contributed by atoms with Crippen molar-refractivity contribution in [3.8, 4) is 0 Å². The van der Waals surface area contributed by atoms with Gasteiger partial charge in [-0.2, -0.15) is 0 Å². The molecule has 0 aromatic heterocycles. The molecule has 2 saturated carbocycles. The van der Waals surface area contributed by atoms with Gasteiger partial charge in [-0.1, -0.05) is 31.5 Å². The van der Waals surface area contributed by atoms with E-state index < -0.39 is 10.0 Å². The Kier molecular flexibility index (Phi) is 4.85. The van der Waals surface area contributed by atoms with E-state index in [9.17, 15) is 13.2 Å². The number of sulfonamides is 1. The second kappa shape index (κ2) is 6.75.